The summed E-state index contributed by atoms with van der Waals surface area (Å²) in [6.07, 6.45) is 2.23. The van der Waals surface area contributed by atoms with Gasteiger partial charge in [-0.25, -0.2) is 4.79 Å². The number of carboxylic acid groups (broad SMARTS) is 1. The largest absolute Gasteiger partial charge is 0.480 e. The van der Waals surface area contributed by atoms with Crippen LogP contribution in [0.15, 0.2) is 30.3 Å². The molecular weight excluding hydrogens is 240 g/mol. The summed E-state index contributed by atoms with van der Waals surface area (Å²) in [4.78, 5) is 14.1. The molecule has 4 heteroatoms. The van der Waals surface area contributed by atoms with Crippen molar-refractivity contribution in [3.05, 3.63) is 30.3 Å². The molecule has 2 rings (SSSR count). The number of carboxylic acids is 1. The number of aliphatic carboxylic acids is 1. The Labute approximate surface area is 114 Å². The topological polar surface area (TPSA) is 52.6 Å². The third kappa shape index (κ3) is 3.26. The average Bonchev–Trinajstić information content (AvgIpc) is 2.63. The lowest BCUT2D eigenvalue weighted by atomic mass is 9.90. The third-order valence-corrected chi connectivity index (χ3v) is 3.95. The lowest BCUT2D eigenvalue weighted by molar-refractivity contribution is -0.142. The Hall–Kier alpha value is -1.55. The zero-order valence-electron chi connectivity index (χ0n) is 11.4. The van der Waals surface area contributed by atoms with Gasteiger partial charge in [0, 0.05) is 12.2 Å². The standard InChI is InChI=1S/C15H22N2O2/c1-2-17-11-6-9-15(10-12-17,14(18)19)16-13-7-4-3-5-8-13/h3-5,7-8,16H,2,6,9-12H2,1H3,(H,18,19). The van der Waals surface area contributed by atoms with Gasteiger partial charge < -0.3 is 15.3 Å². The Morgan fingerprint density at radius 3 is 2.68 bits per heavy atom. The van der Waals surface area contributed by atoms with Gasteiger partial charge in [0.25, 0.3) is 0 Å². The molecule has 1 aliphatic heterocycles. The highest BCUT2D eigenvalue weighted by atomic mass is 16.4. The molecule has 1 unspecified atom stereocenters. The smallest absolute Gasteiger partial charge is 0.329 e. The number of hydrogen-bond acceptors (Lipinski definition) is 3. The zero-order valence-corrected chi connectivity index (χ0v) is 11.4. The lowest BCUT2D eigenvalue weighted by Gasteiger charge is -2.30. The second-order valence-electron chi connectivity index (χ2n) is 5.17. The maximum atomic E-state index is 11.7. The van der Waals surface area contributed by atoms with E-state index in [2.05, 4.69) is 17.1 Å². The quantitative estimate of drug-likeness (QED) is 0.875. The fourth-order valence-corrected chi connectivity index (χ4v) is 2.70. The average molecular weight is 262 g/mol. The van der Waals surface area contributed by atoms with Gasteiger partial charge in [0.1, 0.15) is 5.54 Å². The summed E-state index contributed by atoms with van der Waals surface area (Å²) in [6, 6.07) is 9.63. The van der Waals surface area contributed by atoms with Crippen molar-refractivity contribution in [2.45, 2.75) is 31.7 Å². The van der Waals surface area contributed by atoms with Crippen molar-refractivity contribution in [2.75, 3.05) is 25.0 Å². The van der Waals surface area contributed by atoms with Gasteiger partial charge >= 0.3 is 5.97 Å². The molecule has 1 fully saturated rings. The molecule has 0 spiro atoms. The number of para-hydroxylation sites is 1. The summed E-state index contributed by atoms with van der Waals surface area (Å²) in [6.45, 7) is 4.93. The first-order valence-corrected chi connectivity index (χ1v) is 6.95. The van der Waals surface area contributed by atoms with Crippen molar-refractivity contribution in [2.24, 2.45) is 0 Å². The molecule has 2 N–H and O–H groups in total. The Morgan fingerprint density at radius 2 is 2.05 bits per heavy atom. The SMILES string of the molecule is CCN1CCCC(Nc2ccccc2)(C(=O)O)CC1. The van der Waals surface area contributed by atoms with Gasteiger partial charge in [0.2, 0.25) is 0 Å². The van der Waals surface area contributed by atoms with Crippen LogP contribution in [-0.4, -0.2) is 41.1 Å². The van der Waals surface area contributed by atoms with Crippen LogP contribution in [0, 0.1) is 0 Å². The molecule has 1 atom stereocenters. The first kappa shape index (κ1) is 13.9. The van der Waals surface area contributed by atoms with Gasteiger partial charge in [-0.05, 0) is 44.5 Å². The van der Waals surface area contributed by atoms with E-state index in [1.54, 1.807) is 0 Å². The van der Waals surface area contributed by atoms with E-state index in [4.69, 9.17) is 0 Å². The molecule has 0 radical (unpaired) electrons. The molecule has 1 aliphatic rings. The predicted octanol–water partition coefficient (Wildman–Crippen LogP) is 2.43. The highest BCUT2D eigenvalue weighted by molar-refractivity contribution is 5.82. The van der Waals surface area contributed by atoms with Crippen LogP contribution in [0.5, 0.6) is 0 Å². The minimum absolute atomic E-state index is 0.644. The van der Waals surface area contributed by atoms with Crippen LogP contribution in [0.1, 0.15) is 26.2 Å². The van der Waals surface area contributed by atoms with Crippen molar-refractivity contribution in [3.63, 3.8) is 0 Å². The van der Waals surface area contributed by atoms with Crippen LogP contribution in [-0.2, 0) is 4.79 Å². The summed E-state index contributed by atoms with van der Waals surface area (Å²) >= 11 is 0. The minimum Gasteiger partial charge on any atom is -0.480 e. The van der Waals surface area contributed by atoms with Gasteiger partial charge in [-0.2, -0.15) is 0 Å². The van der Waals surface area contributed by atoms with Crippen molar-refractivity contribution in [1.82, 2.24) is 4.90 Å². The van der Waals surface area contributed by atoms with Crippen LogP contribution in [0.3, 0.4) is 0 Å². The number of anilines is 1. The zero-order chi connectivity index (χ0) is 13.7. The number of hydrogen-bond donors (Lipinski definition) is 2. The third-order valence-electron chi connectivity index (χ3n) is 3.95. The molecule has 0 aromatic heterocycles. The first-order valence-electron chi connectivity index (χ1n) is 6.95. The lowest BCUT2D eigenvalue weighted by Crippen LogP contribution is -2.47. The molecule has 1 aromatic carbocycles. The van der Waals surface area contributed by atoms with E-state index in [1.165, 1.54) is 0 Å². The van der Waals surface area contributed by atoms with Crippen LogP contribution in [0.25, 0.3) is 0 Å². The van der Waals surface area contributed by atoms with Crippen LogP contribution < -0.4 is 5.32 Å². The summed E-state index contributed by atoms with van der Waals surface area (Å²) in [5.74, 6) is -0.741. The molecule has 0 aliphatic carbocycles. The highest BCUT2D eigenvalue weighted by Crippen LogP contribution is 2.27. The van der Waals surface area contributed by atoms with Crippen LogP contribution in [0.2, 0.25) is 0 Å². The second-order valence-corrected chi connectivity index (χ2v) is 5.17. The summed E-state index contributed by atoms with van der Waals surface area (Å²) in [5, 5.41) is 12.9. The van der Waals surface area contributed by atoms with Crippen molar-refractivity contribution >= 4 is 11.7 Å². The van der Waals surface area contributed by atoms with Gasteiger partial charge in [-0.3, -0.25) is 0 Å². The minimum atomic E-state index is -0.828. The molecule has 1 heterocycles. The van der Waals surface area contributed by atoms with Crippen molar-refractivity contribution in [3.8, 4) is 0 Å². The van der Waals surface area contributed by atoms with Crippen molar-refractivity contribution in [1.29, 1.82) is 0 Å². The summed E-state index contributed by atoms with van der Waals surface area (Å²) in [7, 11) is 0. The Bertz CT molecular complexity index is 421. The van der Waals surface area contributed by atoms with Gasteiger partial charge in [-0.15, -0.1) is 0 Å². The molecule has 0 amide bonds. The summed E-state index contributed by atoms with van der Waals surface area (Å²) < 4.78 is 0. The fourth-order valence-electron chi connectivity index (χ4n) is 2.70. The second kappa shape index (κ2) is 6.06. The highest BCUT2D eigenvalue weighted by Gasteiger charge is 2.39. The van der Waals surface area contributed by atoms with E-state index in [9.17, 15) is 9.90 Å². The molecule has 104 valence electrons. The van der Waals surface area contributed by atoms with Crippen LogP contribution >= 0.6 is 0 Å². The van der Waals surface area contributed by atoms with E-state index in [1.807, 2.05) is 30.3 Å². The Kier molecular flexibility index (Phi) is 4.43. The molecule has 1 aromatic rings. The maximum Gasteiger partial charge on any atom is 0.329 e. The Balaban J connectivity index is 2.16. The number of carbonyl (C=O) groups is 1. The molecule has 0 saturated carbocycles. The van der Waals surface area contributed by atoms with Gasteiger partial charge in [0.15, 0.2) is 0 Å². The van der Waals surface area contributed by atoms with E-state index >= 15 is 0 Å². The normalized spacial score (nSPS) is 24.7. The van der Waals surface area contributed by atoms with Crippen LogP contribution in [0.4, 0.5) is 5.69 Å². The molecule has 0 bridgehead atoms. The molecule has 1 saturated heterocycles. The number of likely N-dealkylation sites (tertiary alicyclic amines) is 1. The summed E-state index contributed by atoms with van der Waals surface area (Å²) in [5.41, 5.74) is 0.0560. The van der Waals surface area contributed by atoms with Gasteiger partial charge in [-0.1, -0.05) is 25.1 Å². The molecular formula is C15H22N2O2. The number of nitrogens with zero attached hydrogens (tertiary/aromatic N) is 1. The number of benzene rings is 1. The fraction of sp³-hybridized carbons (Fsp3) is 0.533. The number of nitrogens with one attached hydrogen (secondary N) is 1. The Morgan fingerprint density at radius 1 is 1.32 bits per heavy atom. The first-order chi connectivity index (χ1) is 9.16. The number of rotatable bonds is 4. The van der Waals surface area contributed by atoms with E-state index in [-0.39, 0.29) is 0 Å². The monoisotopic (exact) mass is 262 g/mol. The van der Waals surface area contributed by atoms with E-state index in [0.29, 0.717) is 12.8 Å². The maximum absolute atomic E-state index is 11.7. The molecule has 4 nitrogen and oxygen atoms in total. The van der Waals surface area contributed by atoms with Crippen molar-refractivity contribution < 1.29 is 9.90 Å². The predicted molar refractivity (Wildman–Crippen MR) is 76.4 cm³/mol. The molecule has 19 heavy (non-hydrogen) atoms. The van der Waals surface area contributed by atoms with Gasteiger partial charge in [0.05, 0.1) is 0 Å². The van der Waals surface area contributed by atoms with E-state index in [0.717, 1.165) is 31.7 Å². The van der Waals surface area contributed by atoms with E-state index < -0.39 is 11.5 Å².